The smallest absolute Gasteiger partial charge is 0.0170 e. The standard InChI is InChI=1S/C22H25/c1-6-16-9-7-8-10-19(16)21-15(2)11-12-17-13-18(14-20(17)21)22(3,4)5/h7-14H,6H2,1-5H3. The molecule has 3 rings (SSSR count). The molecule has 0 amide bonds. The van der Waals surface area contributed by atoms with Crippen LogP contribution in [0.2, 0.25) is 0 Å². The number of benzene rings is 2. The van der Waals surface area contributed by atoms with E-state index in [4.69, 9.17) is 0 Å². The second-order valence-electron chi connectivity index (χ2n) is 7.27. The Labute approximate surface area is 134 Å². The molecular weight excluding hydrogens is 264 g/mol. The third kappa shape index (κ3) is 2.52. The number of aryl methyl sites for hydroxylation is 2. The van der Waals surface area contributed by atoms with Gasteiger partial charge >= 0.3 is 0 Å². The van der Waals surface area contributed by atoms with Crippen molar-refractivity contribution in [2.24, 2.45) is 5.41 Å². The van der Waals surface area contributed by atoms with Gasteiger partial charge in [0.05, 0.1) is 0 Å². The summed E-state index contributed by atoms with van der Waals surface area (Å²) in [5, 5.41) is 0. The summed E-state index contributed by atoms with van der Waals surface area (Å²) >= 11 is 0. The first-order chi connectivity index (χ1) is 10.4. The first-order valence-corrected chi connectivity index (χ1v) is 8.20. The van der Waals surface area contributed by atoms with Gasteiger partial charge in [0.25, 0.3) is 0 Å². The second-order valence-corrected chi connectivity index (χ2v) is 7.27. The van der Waals surface area contributed by atoms with E-state index in [-0.39, 0.29) is 5.41 Å². The average Bonchev–Trinajstić information content (AvgIpc) is 2.91. The summed E-state index contributed by atoms with van der Waals surface area (Å²) in [5.41, 5.74) is 9.94. The molecule has 1 radical (unpaired) electrons. The minimum atomic E-state index is 0.189. The van der Waals surface area contributed by atoms with Gasteiger partial charge in [-0.05, 0) is 52.1 Å². The van der Waals surface area contributed by atoms with Crippen molar-refractivity contribution in [3.63, 3.8) is 0 Å². The van der Waals surface area contributed by atoms with Crippen molar-refractivity contribution in [3.05, 3.63) is 70.6 Å². The molecule has 0 saturated heterocycles. The van der Waals surface area contributed by atoms with E-state index < -0.39 is 0 Å². The van der Waals surface area contributed by atoms with Gasteiger partial charge in [0.1, 0.15) is 0 Å². The molecule has 2 aromatic rings. The van der Waals surface area contributed by atoms with Crippen molar-refractivity contribution in [2.45, 2.75) is 41.0 Å². The third-order valence-electron chi connectivity index (χ3n) is 4.63. The van der Waals surface area contributed by atoms with E-state index in [2.05, 4.69) is 83.5 Å². The fourth-order valence-corrected chi connectivity index (χ4v) is 3.25. The Morgan fingerprint density at radius 3 is 2.36 bits per heavy atom. The van der Waals surface area contributed by atoms with Gasteiger partial charge in [-0.25, -0.2) is 0 Å². The molecule has 1 aliphatic rings. The summed E-state index contributed by atoms with van der Waals surface area (Å²) in [7, 11) is 0. The summed E-state index contributed by atoms with van der Waals surface area (Å²) in [6, 6.07) is 13.3. The molecule has 0 aliphatic heterocycles. The van der Waals surface area contributed by atoms with E-state index in [1.807, 2.05) is 0 Å². The fourth-order valence-electron chi connectivity index (χ4n) is 3.25. The van der Waals surface area contributed by atoms with Crippen molar-refractivity contribution in [1.82, 2.24) is 0 Å². The maximum Gasteiger partial charge on any atom is 0.0170 e. The fraction of sp³-hybridized carbons (Fsp3) is 0.318. The van der Waals surface area contributed by atoms with Crippen LogP contribution >= 0.6 is 0 Å². The monoisotopic (exact) mass is 289 g/mol. The summed E-state index contributed by atoms with van der Waals surface area (Å²) < 4.78 is 0. The van der Waals surface area contributed by atoms with Gasteiger partial charge in [-0.3, -0.25) is 0 Å². The zero-order valence-electron chi connectivity index (χ0n) is 14.3. The van der Waals surface area contributed by atoms with Crippen LogP contribution in [0.5, 0.6) is 0 Å². The molecule has 113 valence electrons. The highest BCUT2D eigenvalue weighted by Gasteiger charge is 2.26. The summed E-state index contributed by atoms with van der Waals surface area (Å²) in [4.78, 5) is 0. The number of allylic oxidation sites excluding steroid dienone is 1. The van der Waals surface area contributed by atoms with Gasteiger partial charge in [-0.1, -0.05) is 75.7 Å². The average molecular weight is 289 g/mol. The largest absolute Gasteiger partial charge is 0.0620 e. The minimum absolute atomic E-state index is 0.189. The molecule has 0 saturated carbocycles. The number of fused-ring (bicyclic) bond motifs is 1. The molecule has 0 atom stereocenters. The van der Waals surface area contributed by atoms with Crippen LogP contribution in [-0.4, -0.2) is 0 Å². The maximum atomic E-state index is 2.39. The Kier molecular flexibility index (Phi) is 3.72. The van der Waals surface area contributed by atoms with Crippen LogP contribution in [0.3, 0.4) is 0 Å². The van der Waals surface area contributed by atoms with Crippen LogP contribution in [-0.2, 0) is 6.42 Å². The van der Waals surface area contributed by atoms with Gasteiger partial charge in [-0.15, -0.1) is 0 Å². The Hall–Kier alpha value is -1.82. The van der Waals surface area contributed by atoms with Gasteiger partial charge < -0.3 is 0 Å². The van der Waals surface area contributed by atoms with Gasteiger partial charge in [0.15, 0.2) is 0 Å². The molecule has 0 bridgehead atoms. The lowest BCUT2D eigenvalue weighted by Gasteiger charge is -2.19. The van der Waals surface area contributed by atoms with Crippen molar-refractivity contribution in [1.29, 1.82) is 0 Å². The van der Waals surface area contributed by atoms with Gasteiger partial charge in [0.2, 0.25) is 0 Å². The highest BCUT2D eigenvalue weighted by atomic mass is 14.3. The van der Waals surface area contributed by atoms with E-state index in [9.17, 15) is 0 Å². The number of hydrogen-bond acceptors (Lipinski definition) is 0. The maximum absolute atomic E-state index is 2.39. The van der Waals surface area contributed by atoms with Gasteiger partial charge in [0, 0.05) is 6.42 Å². The van der Waals surface area contributed by atoms with E-state index in [0.29, 0.717) is 0 Å². The highest BCUT2D eigenvalue weighted by Crippen LogP contribution is 2.43. The molecule has 0 spiro atoms. The highest BCUT2D eigenvalue weighted by molar-refractivity contribution is 5.86. The molecule has 0 heteroatoms. The lowest BCUT2D eigenvalue weighted by Crippen LogP contribution is -2.07. The zero-order chi connectivity index (χ0) is 15.9. The van der Waals surface area contributed by atoms with E-state index in [1.54, 1.807) is 0 Å². The Morgan fingerprint density at radius 2 is 1.68 bits per heavy atom. The molecule has 0 N–H and O–H groups in total. The van der Waals surface area contributed by atoms with Crippen LogP contribution in [0.1, 0.15) is 49.9 Å². The molecule has 0 nitrogen and oxygen atoms in total. The predicted octanol–water partition coefficient (Wildman–Crippen LogP) is 6.22. The van der Waals surface area contributed by atoms with Crippen molar-refractivity contribution >= 4 is 6.08 Å². The van der Waals surface area contributed by atoms with Crippen LogP contribution < -0.4 is 0 Å². The van der Waals surface area contributed by atoms with Crippen molar-refractivity contribution in [2.75, 3.05) is 0 Å². The van der Waals surface area contributed by atoms with E-state index in [0.717, 1.165) is 6.42 Å². The summed E-state index contributed by atoms with van der Waals surface area (Å²) in [6.07, 6.45) is 5.82. The number of rotatable bonds is 2. The molecular formula is C22H25. The molecule has 2 aromatic carbocycles. The molecule has 1 aliphatic carbocycles. The first kappa shape index (κ1) is 15.1. The predicted molar refractivity (Wildman–Crippen MR) is 96.8 cm³/mol. The van der Waals surface area contributed by atoms with Crippen LogP contribution in [0, 0.1) is 18.8 Å². The van der Waals surface area contributed by atoms with E-state index >= 15 is 0 Å². The van der Waals surface area contributed by atoms with Crippen LogP contribution in [0.25, 0.3) is 17.2 Å². The van der Waals surface area contributed by atoms with Crippen molar-refractivity contribution < 1.29 is 0 Å². The quantitative estimate of drug-likeness (QED) is 0.615. The van der Waals surface area contributed by atoms with Gasteiger partial charge in [-0.2, -0.15) is 0 Å². The molecule has 22 heavy (non-hydrogen) atoms. The lowest BCUT2D eigenvalue weighted by molar-refractivity contribution is 0.516. The molecule has 0 unspecified atom stereocenters. The Balaban J connectivity index is 2.23. The topological polar surface area (TPSA) is 0 Å². The number of hydrogen-bond donors (Lipinski definition) is 0. The summed E-state index contributed by atoms with van der Waals surface area (Å²) in [6.45, 7) is 11.3. The van der Waals surface area contributed by atoms with Crippen LogP contribution in [0.4, 0.5) is 0 Å². The molecule has 0 fully saturated rings. The minimum Gasteiger partial charge on any atom is -0.0620 e. The normalized spacial score (nSPS) is 14.0. The lowest BCUT2D eigenvalue weighted by atomic mass is 9.85. The van der Waals surface area contributed by atoms with Crippen molar-refractivity contribution in [3.8, 4) is 11.1 Å². The Bertz CT molecular complexity index is 739. The summed E-state index contributed by atoms with van der Waals surface area (Å²) in [5.74, 6) is 0. The second kappa shape index (κ2) is 5.43. The van der Waals surface area contributed by atoms with E-state index in [1.165, 1.54) is 39.0 Å². The SMILES string of the molecule is CCc1ccccc1-c1c(C)ccc2c1C=C(C(C)(C)C)[CH]2. The zero-order valence-corrected chi connectivity index (χ0v) is 14.3. The third-order valence-corrected chi connectivity index (χ3v) is 4.63. The molecule has 0 aromatic heterocycles. The first-order valence-electron chi connectivity index (χ1n) is 8.20. The van der Waals surface area contributed by atoms with Crippen LogP contribution in [0.15, 0.2) is 42.0 Å². The Morgan fingerprint density at radius 1 is 0.955 bits per heavy atom. The molecule has 0 heterocycles.